The Morgan fingerprint density at radius 1 is 1.33 bits per heavy atom. The molecule has 0 saturated heterocycles. The van der Waals surface area contributed by atoms with Crippen LogP contribution in [0.2, 0.25) is 0 Å². The third-order valence-electron chi connectivity index (χ3n) is 2.17. The Labute approximate surface area is 133 Å². The van der Waals surface area contributed by atoms with E-state index in [1.54, 1.807) is 13.2 Å². The summed E-state index contributed by atoms with van der Waals surface area (Å²) < 4.78 is 4.84. The van der Waals surface area contributed by atoms with Gasteiger partial charge in [-0.1, -0.05) is 26.7 Å². The second kappa shape index (κ2) is 13.1. The van der Waals surface area contributed by atoms with Gasteiger partial charge in [-0.3, -0.25) is 11.1 Å². The van der Waals surface area contributed by atoms with Gasteiger partial charge in [-0.05, 0) is 12.5 Å². The van der Waals surface area contributed by atoms with Crippen LogP contribution in [-0.4, -0.2) is 24.6 Å². The molecule has 1 unspecified atom stereocenters. The first kappa shape index (κ1) is 20.0. The average molecular weight is 328 g/mol. The molecule has 5 heteroatoms. The molecule has 0 N–H and O–H groups in total. The van der Waals surface area contributed by atoms with Crippen LogP contribution in [0.3, 0.4) is 0 Å². The maximum Gasteiger partial charge on any atom is 0.330 e. The predicted molar refractivity (Wildman–Crippen MR) is 64.1 cm³/mol. The van der Waals surface area contributed by atoms with E-state index in [4.69, 9.17) is 4.74 Å². The molecule has 0 saturated carbocycles. The first-order valence-electron chi connectivity index (χ1n) is 5.85. The van der Waals surface area contributed by atoms with E-state index in [1.165, 1.54) is 6.08 Å². The maximum atomic E-state index is 11.3. The Morgan fingerprint density at radius 3 is 2.56 bits per heavy atom. The van der Waals surface area contributed by atoms with Crippen molar-refractivity contribution in [3.63, 3.8) is 0 Å². The number of hydrogen-bond acceptors (Lipinski definition) is 4. The number of rotatable bonds is 9. The van der Waals surface area contributed by atoms with Crippen LogP contribution in [-0.2, 0) is 51.8 Å². The second-order valence-electron chi connectivity index (χ2n) is 3.88. The van der Waals surface area contributed by atoms with E-state index in [0.29, 0.717) is 13.0 Å². The van der Waals surface area contributed by atoms with E-state index in [2.05, 4.69) is 0 Å². The molecule has 0 aliphatic carbocycles. The molecule has 0 aromatic carbocycles. The number of carbonyl (C=O) groups excluding carboxylic acids is 3. The molecule has 99 valence electrons. The second-order valence-corrected chi connectivity index (χ2v) is 3.88. The SMILES string of the molecule is CCCCOC(=O)/C=C/C(=O)CCC(C)[C-]=O.[Y]. The van der Waals surface area contributed by atoms with Crippen molar-refractivity contribution in [3.05, 3.63) is 12.2 Å². The van der Waals surface area contributed by atoms with Crippen molar-refractivity contribution in [3.8, 4) is 0 Å². The molecule has 0 aromatic rings. The Hall–Kier alpha value is -0.346. The summed E-state index contributed by atoms with van der Waals surface area (Å²) in [4.78, 5) is 32.6. The largest absolute Gasteiger partial charge is 0.542 e. The molecule has 0 aromatic heterocycles. The molecule has 0 rings (SSSR count). The average Bonchev–Trinajstić information content (AvgIpc) is 2.33. The van der Waals surface area contributed by atoms with E-state index in [9.17, 15) is 14.4 Å². The predicted octanol–water partition coefficient (Wildman–Crippen LogP) is 1.98. The number of esters is 1. The van der Waals surface area contributed by atoms with Gasteiger partial charge in [0.1, 0.15) is 0 Å². The smallest absolute Gasteiger partial charge is 0.330 e. The summed E-state index contributed by atoms with van der Waals surface area (Å²) in [7, 11) is 0. The molecule has 0 bridgehead atoms. The molecule has 1 atom stereocenters. The van der Waals surface area contributed by atoms with Crippen molar-refractivity contribution in [1.82, 2.24) is 0 Å². The standard InChI is InChI=1S/C13H19O4.Y/c1-3-4-9-17-13(16)8-7-12(15)6-5-11(2)10-14;/h7-8,11H,3-6,9H2,1-2H3;/q-1;/b8-7+;. The molecule has 0 aliphatic rings. The van der Waals surface area contributed by atoms with Crippen molar-refractivity contribution >= 4 is 18.0 Å². The van der Waals surface area contributed by atoms with Crippen LogP contribution in [0.25, 0.3) is 0 Å². The van der Waals surface area contributed by atoms with E-state index in [-0.39, 0.29) is 50.8 Å². The Kier molecular flexibility index (Phi) is 14.5. The van der Waals surface area contributed by atoms with Gasteiger partial charge >= 0.3 is 5.97 Å². The van der Waals surface area contributed by atoms with Crippen molar-refractivity contribution in [2.24, 2.45) is 5.92 Å². The molecule has 0 heterocycles. The Morgan fingerprint density at radius 2 is 2.00 bits per heavy atom. The number of unbranched alkanes of at least 4 members (excludes halogenated alkanes) is 1. The van der Waals surface area contributed by atoms with Crippen LogP contribution in [0.1, 0.15) is 39.5 Å². The fourth-order valence-electron chi connectivity index (χ4n) is 1.03. The molecular weight excluding hydrogens is 309 g/mol. The number of hydrogen-bond donors (Lipinski definition) is 0. The summed E-state index contributed by atoms with van der Waals surface area (Å²) in [6, 6.07) is 0. The van der Waals surface area contributed by atoms with Crippen molar-refractivity contribution < 1.29 is 51.8 Å². The topological polar surface area (TPSA) is 60.4 Å². The first-order valence-corrected chi connectivity index (χ1v) is 5.85. The van der Waals surface area contributed by atoms with Gasteiger partial charge in [0, 0.05) is 45.2 Å². The van der Waals surface area contributed by atoms with E-state index in [0.717, 1.165) is 18.9 Å². The van der Waals surface area contributed by atoms with Crippen molar-refractivity contribution in [2.75, 3.05) is 6.61 Å². The summed E-state index contributed by atoms with van der Waals surface area (Å²) >= 11 is 0. The van der Waals surface area contributed by atoms with Gasteiger partial charge in [0.05, 0.1) is 6.61 Å². The minimum absolute atomic E-state index is 0. The zero-order valence-corrected chi connectivity index (χ0v) is 13.8. The van der Waals surface area contributed by atoms with E-state index in [1.807, 2.05) is 6.92 Å². The number of carbonyl (C=O) groups is 2. The summed E-state index contributed by atoms with van der Waals surface area (Å²) in [5, 5.41) is 0. The van der Waals surface area contributed by atoms with Gasteiger partial charge in [-0.25, -0.2) is 4.79 Å². The zero-order chi connectivity index (χ0) is 13.1. The van der Waals surface area contributed by atoms with Gasteiger partial charge in [0.2, 0.25) is 0 Å². The quantitative estimate of drug-likeness (QED) is 0.281. The fourth-order valence-corrected chi connectivity index (χ4v) is 1.03. The number of ether oxygens (including phenoxy) is 1. The van der Waals surface area contributed by atoms with Crippen LogP contribution in [0.15, 0.2) is 12.2 Å². The van der Waals surface area contributed by atoms with Crippen molar-refractivity contribution in [1.29, 1.82) is 0 Å². The number of ketones is 1. The zero-order valence-electron chi connectivity index (χ0n) is 11.0. The van der Waals surface area contributed by atoms with Gasteiger partial charge in [-0.15, -0.1) is 5.92 Å². The van der Waals surface area contributed by atoms with E-state index >= 15 is 0 Å². The third-order valence-corrected chi connectivity index (χ3v) is 2.17. The maximum absolute atomic E-state index is 11.3. The van der Waals surface area contributed by atoms with Crippen molar-refractivity contribution in [2.45, 2.75) is 39.5 Å². The minimum atomic E-state index is -0.498. The van der Waals surface area contributed by atoms with E-state index < -0.39 is 5.97 Å². The van der Waals surface area contributed by atoms with Crippen LogP contribution in [0.4, 0.5) is 0 Å². The molecule has 0 fully saturated rings. The van der Waals surface area contributed by atoms with Crippen LogP contribution in [0.5, 0.6) is 0 Å². The van der Waals surface area contributed by atoms with Crippen LogP contribution in [0, 0.1) is 5.92 Å². The fraction of sp³-hybridized carbons (Fsp3) is 0.615. The normalized spacial score (nSPS) is 11.7. The molecule has 1 radical (unpaired) electrons. The van der Waals surface area contributed by atoms with Crippen LogP contribution < -0.4 is 0 Å². The Bertz CT molecular complexity index is 287. The van der Waals surface area contributed by atoms with Gasteiger partial charge in [0.15, 0.2) is 5.78 Å². The molecule has 4 nitrogen and oxygen atoms in total. The minimum Gasteiger partial charge on any atom is -0.542 e. The third kappa shape index (κ3) is 12.1. The summed E-state index contributed by atoms with van der Waals surface area (Å²) in [5.41, 5.74) is 0. The summed E-state index contributed by atoms with van der Waals surface area (Å²) in [5.74, 6) is -0.926. The summed E-state index contributed by atoms with van der Waals surface area (Å²) in [6.07, 6.45) is 6.61. The monoisotopic (exact) mass is 328 g/mol. The summed E-state index contributed by atoms with van der Waals surface area (Å²) in [6.45, 7) is 4.08. The molecule has 0 spiro atoms. The first-order chi connectivity index (χ1) is 8.10. The molecule has 0 aliphatic heterocycles. The van der Waals surface area contributed by atoms with Gasteiger partial charge < -0.3 is 9.53 Å². The molecule has 18 heavy (non-hydrogen) atoms. The molecular formula is C13H19O4Y-. The van der Waals surface area contributed by atoms with Gasteiger partial charge in [-0.2, -0.15) is 0 Å². The van der Waals surface area contributed by atoms with Crippen LogP contribution >= 0.6 is 0 Å². The molecule has 0 amide bonds. The van der Waals surface area contributed by atoms with Gasteiger partial charge in [0.25, 0.3) is 0 Å². The Balaban J connectivity index is 0. The number of allylic oxidation sites excluding steroid dienone is 1.